The van der Waals surface area contributed by atoms with Crippen molar-refractivity contribution in [2.45, 2.75) is 39.0 Å². The number of rotatable bonds is 2. The van der Waals surface area contributed by atoms with Crippen molar-refractivity contribution in [2.75, 3.05) is 11.9 Å². The van der Waals surface area contributed by atoms with Gasteiger partial charge in [-0.3, -0.25) is 9.59 Å². The third-order valence-corrected chi connectivity index (χ3v) is 4.76. The number of amides is 1. The van der Waals surface area contributed by atoms with Crippen molar-refractivity contribution in [2.24, 2.45) is 5.41 Å². The monoisotopic (exact) mass is 307 g/mol. The minimum atomic E-state index is -0.339. The molecule has 0 atom stereocenters. The van der Waals surface area contributed by atoms with E-state index >= 15 is 0 Å². The number of Topliss-reactive ketones (excluding diaryl/α,β-unsaturated/α-hetero) is 1. The van der Waals surface area contributed by atoms with Crippen LogP contribution in [0.3, 0.4) is 0 Å². The zero-order chi connectivity index (χ0) is 15.0. The average Bonchev–Trinajstić information content (AvgIpc) is 2.46. The Morgan fingerprint density at radius 2 is 2.00 bits per heavy atom. The molecule has 1 N–H and O–H groups in total. The predicted octanol–water partition coefficient (Wildman–Crippen LogP) is 3.82. The smallest absolute Gasteiger partial charge is 0.262 e. The van der Waals surface area contributed by atoms with Gasteiger partial charge in [0.2, 0.25) is 0 Å². The Labute approximate surface area is 128 Å². The van der Waals surface area contributed by atoms with E-state index in [1.807, 2.05) is 6.92 Å². The molecule has 0 radical (unpaired) electrons. The van der Waals surface area contributed by atoms with Gasteiger partial charge in [-0.25, -0.2) is 0 Å². The number of halogens is 1. The van der Waals surface area contributed by atoms with E-state index < -0.39 is 0 Å². The molecule has 1 fully saturated rings. The zero-order valence-corrected chi connectivity index (χ0v) is 12.8. The lowest BCUT2D eigenvalue weighted by molar-refractivity contribution is -0.118. The van der Waals surface area contributed by atoms with Gasteiger partial charge in [-0.15, -0.1) is 0 Å². The SMILES string of the molecule is CC1(C(=O)c2cc3c(cc2Cl)NC(=O)CO3)CCCCC1. The van der Waals surface area contributed by atoms with E-state index in [-0.39, 0.29) is 23.7 Å². The topological polar surface area (TPSA) is 55.4 Å². The summed E-state index contributed by atoms with van der Waals surface area (Å²) in [6, 6.07) is 3.27. The van der Waals surface area contributed by atoms with Crippen molar-refractivity contribution in [1.29, 1.82) is 0 Å². The van der Waals surface area contributed by atoms with Crippen LogP contribution in [0.1, 0.15) is 49.4 Å². The van der Waals surface area contributed by atoms with Crippen LogP contribution < -0.4 is 10.1 Å². The van der Waals surface area contributed by atoms with Crippen molar-refractivity contribution < 1.29 is 14.3 Å². The number of carbonyl (C=O) groups is 2. The van der Waals surface area contributed by atoms with Crippen LogP contribution in [-0.4, -0.2) is 18.3 Å². The molecule has 0 unspecified atom stereocenters. The highest BCUT2D eigenvalue weighted by Gasteiger charge is 2.36. The van der Waals surface area contributed by atoms with Crippen molar-refractivity contribution in [3.05, 3.63) is 22.7 Å². The van der Waals surface area contributed by atoms with Crippen molar-refractivity contribution in [3.8, 4) is 5.75 Å². The number of fused-ring (bicyclic) bond motifs is 1. The van der Waals surface area contributed by atoms with E-state index in [0.29, 0.717) is 22.0 Å². The van der Waals surface area contributed by atoms with Crippen LogP contribution in [0.5, 0.6) is 5.75 Å². The summed E-state index contributed by atoms with van der Waals surface area (Å²) in [5.74, 6) is 0.383. The number of nitrogens with one attached hydrogen (secondary N) is 1. The fourth-order valence-corrected chi connectivity index (χ4v) is 3.41. The van der Waals surface area contributed by atoms with Crippen LogP contribution in [0, 0.1) is 5.41 Å². The molecule has 1 amide bonds. The summed E-state index contributed by atoms with van der Waals surface area (Å²) < 4.78 is 5.38. The third kappa shape index (κ3) is 2.64. The highest BCUT2D eigenvalue weighted by molar-refractivity contribution is 6.34. The van der Waals surface area contributed by atoms with Crippen LogP contribution >= 0.6 is 11.6 Å². The molecule has 21 heavy (non-hydrogen) atoms. The summed E-state index contributed by atoms with van der Waals surface area (Å²) in [7, 11) is 0. The summed E-state index contributed by atoms with van der Waals surface area (Å²) in [5, 5.41) is 3.07. The van der Waals surface area contributed by atoms with Crippen LogP contribution in [0.2, 0.25) is 5.02 Å². The van der Waals surface area contributed by atoms with Gasteiger partial charge in [0.15, 0.2) is 12.4 Å². The number of hydrogen-bond donors (Lipinski definition) is 1. The molecule has 1 aliphatic heterocycles. The van der Waals surface area contributed by atoms with Crippen molar-refractivity contribution >= 4 is 29.0 Å². The van der Waals surface area contributed by atoms with Crippen LogP contribution in [0.15, 0.2) is 12.1 Å². The minimum Gasteiger partial charge on any atom is -0.482 e. The maximum absolute atomic E-state index is 12.9. The summed E-state index contributed by atoms with van der Waals surface area (Å²) in [6.07, 6.45) is 5.15. The lowest BCUT2D eigenvalue weighted by atomic mass is 9.71. The maximum atomic E-state index is 12.9. The molecule has 0 spiro atoms. The van der Waals surface area contributed by atoms with Crippen LogP contribution in [0.25, 0.3) is 0 Å². The standard InChI is InChI=1S/C16H18ClNO3/c1-16(5-3-2-4-6-16)15(20)10-7-13-12(8-11(10)17)18-14(19)9-21-13/h7-8H,2-6,9H2,1H3,(H,18,19). The van der Waals surface area contributed by atoms with Gasteiger partial charge < -0.3 is 10.1 Å². The number of ether oxygens (including phenoxy) is 1. The molecule has 4 nitrogen and oxygen atoms in total. The Morgan fingerprint density at radius 3 is 2.71 bits per heavy atom. The molecular weight excluding hydrogens is 290 g/mol. The van der Waals surface area contributed by atoms with Crippen molar-refractivity contribution in [1.82, 2.24) is 0 Å². The number of ketones is 1. The second kappa shape index (κ2) is 5.34. The van der Waals surface area contributed by atoms with Crippen LogP contribution in [0.4, 0.5) is 5.69 Å². The summed E-state index contributed by atoms with van der Waals surface area (Å²) >= 11 is 6.26. The van der Waals surface area contributed by atoms with E-state index in [2.05, 4.69) is 5.32 Å². The highest BCUT2D eigenvalue weighted by Crippen LogP contribution is 2.42. The van der Waals surface area contributed by atoms with Gasteiger partial charge in [-0.05, 0) is 25.0 Å². The molecule has 0 aromatic heterocycles. The molecule has 0 saturated heterocycles. The molecule has 112 valence electrons. The largest absolute Gasteiger partial charge is 0.482 e. The number of hydrogen-bond acceptors (Lipinski definition) is 3. The van der Waals surface area contributed by atoms with Crippen molar-refractivity contribution in [3.63, 3.8) is 0 Å². The molecular formula is C16H18ClNO3. The van der Waals surface area contributed by atoms with Gasteiger partial charge >= 0.3 is 0 Å². The van der Waals surface area contributed by atoms with E-state index in [1.54, 1.807) is 12.1 Å². The summed E-state index contributed by atoms with van der Waals surface area (Å²) in [5.41, 5.74) is 0.686. The molecule has 2 aliphatic rings. The lowest BCUT2D eigenvalue weighted by Crippen LogP contribution is -2.31. The fraction of sp³-hybridized carbons (Fsp3) is 0.500. The zero-order valence-electron chi connectivity index (χ0n) is 12.0. The first-order valence-corrected chi connectivity index (χ1v) is 7.68. The van der Waals surface area contributed by atoms with Gasteiger partial charge in [0.25, 0.3) is 5.91 Å². The Balaban J connectivity index is 1.95. The first-order valence-electron chi connectivity index (χ1n) is 7.31. The molecule has 0 bridgehead atoms. The molecule has 1 aliphatic carbocycles. The molecule has 1 saturated carbocycles. The van der Waals surface area contributed by atoms with E-state index in [0.717, 1.165) is 25.7 Å². The van der Waals surface area contributed by atoms with Crippen LogP contribution in [-0.2, 0) is 4.79 Å². The lowest BCUT2D eigenvalue weighted by Gasteiger charge is -2.32. The second-order valence-electron chi connectivity index (χ2n) is 6.12. The van der Waals surface area contributed by atoms with Gasteiger partial charge in [0.05, 0.1) is 10.7 Å². The first kappa shape index (κ1) is 14.4. The molecule has 3 rings (SSSR count). The maximum Gasteiger partial charge on any atom is 0.262 e. The minimum absolute atomic E-state index is 0.0282. The van der Waals surface area contributed by atoms with Gasteiger partial charge in [0.1, 0.15) is 5.75 Å². The third-order valence-electron chi connectivity index (χ3n) is 4.45. The molecule has 1 aromatic carbocycles. The highest BCUT2D eigenvalue weighted by atomic mass is 35.5. The van der Waals surface area contributed by atoms with Gasteiger partial charge in [-0.1, -0.05) is 37.8 Å². The molecule has 5 heteroatoms. The first-order chi connectivity index (χ1) is 9.99. The van der Waals surface area contributed by atoms with E-state index in [9.17, 15) is 9.59 Å². The molecule has 1 aromatic rings. The van der Waals surface area contributed by atoms with Gasteiger partial charge in [0, 0.05) is 11.0 Å². The number of benzene rings is 1. The van der Waals surface area contributed by atoms with Gasteiger partial charge in [-0.2, -0.15) is 0 Å². The second-order valence-corrected chi connectivity index (χ2v) is 6.52. The van der Waals surface area contributed by atoms with E-state index in [1.165, 1.54) is 6.42 Å². The summed E-state index contributed by atoms with van der Waals surface area (Å²) in [6.45, 7) is 1.99. The summed E-state index contributed by atoms with van der Waals surface area (Å²) in [4.78, 5) is 24.2. The normalized spacial score (nSPS) is 20.2. The van der Waals surface area contributed by atoms with E-state index in [4.69, 9.17) is 16.3 Å². The Morgan fingerprint density at radius 1 is 1.29 bits per heavy atom. The average molecular weight is 308 g/mol. The Hall–Kier alpha value is -1.55. The number of carbonyl (C=O) groups excluding carboxylic acids is 2. The Kier molecular flexibility index (Phi) is 3.66. The fourth-order valence-electron chi connectivity index (χ4n) is 3.16. The molecule has 1 heterocycles. The quantitative estimate of drug-likeness (QED) is 0.845. The Bertz CT molecular complexity index is 606. The number of anilines is 1. The predicted molar refractivity (Wildman–Crippen MR) is 81.1 cm³/mol.